The van der Waals surface area contributed by atoms with Crippen LogP contribution < -0.4 is 10.5 Å². The van der Waals surface area contributed by atoms with Crippen LogP contribution in [0.15, 0.2) is 17.0 Å². The second kappa shape index (κ2) is 6.98. The summed E-state index contributed by atoms with van der Waals surface area (Å²) in [7, 11) is -0.933. The molecule has 0 saturated carbocycles. The molecule has 0 amide bonds. The quantitative estimate of drug-likeness (QED) is 0.722. The number of ether oxygens (including phenoxy) is 2. The molecule has 0 fully saturated rings. The third-order valence-corrected chi connectivity index (χ3v) is 4.35. The highest BCUT2D eigenvalue weighted by Gasteiger charge is 2.21. The molecule has 114 valence electrons. The van der Waals surface area contributed by atoms with Gasteiger partial charge in [0.1, 0.15) is 5.82 Å². The predicted octanol–water partition coefficient (Wildman–Crippen LogP) is 0.656. The number of sulfonamides is 1. The molecule has 0 radical (unpaired) electrons. The molecule has 0 spiro atoms. The van der Waals surface area contributed by atoms with Crippen molar-refractivity contribution >= 4 is 15.7 Å². The van der Waals surface area contributed by atoms with Gasteiger partial charge in [-0.25, -0.2) is 17.5 Å². The summed E-state index contributed by atoms with van der Waals surface area (Å²) in [6, 6.07) is 2.30. The maximum atomic E-state index is 13.5. The molecule has 0 aliphatic rings. The Morgan fingerprint density at radius 1 is 1.40 bits per heavy atom. The predicted molar refractivity (Wildman–Crippen MR) is 73.4 cm³/mol. The minimum Gasteiger partial charge on any atom is -0.399 e. The number of nitrogen functional groups attached to an aromatic ring is 1. The highest BCUT2D eigenvalue weighted by Crippen LogP contribution is 2.21. The van der Waals surface area contributed by atoms with Gasteiger partial charge >= 0.3 is 0 Å². The Labute approximate surface area is 118 Å². The Kier molecular flexibility index (Phi) is 5.88. The van der Waals surface area contributed by atoms with Crippen molar-refractivity contribution in [3.05, 3.63) is 23.5 Å². The number of hydrogen-bond acceptors (Lipinski definition) is 5. The molecule has 1 unspecified atom stereocenters. The lowest BCUT2D eigenvalue weighted by Gasteiger charge is -2.16. The summed E-state index contributed by atoms with van der Waals surface area (Å²) in [5.74, 6) is -0.662. The Balaban J connectivity index is 2.94. The van der Waals surface area contributed by atoms with E-state index < -0.39 is 21.9 Å². The zero-order valence-corrected chi connectivity index (χ0v) is 12.5. The van der Waals surface area contributed by atoms with Gasteiger partial charge in [0.15, 0.2) is 0 Å². The largest absolute Gasteiger partial charge is 0.399 e. The average Bonchev–Trinajstić information content (AvgIpc) is 2.38. The molecule has 0 aromatic heterocycles. The molecule has 3 N–H and O–H groups in total. The van der Waals surface area contributed by atoms with Crippen LogP contribution in [0.5, 0.6) is 0 Å². The fraction of sp³-hybridized carbons (Fsp3) is 0.500. The molecule has 0 aliphatic carbocycles. The van der Waals surface area contributed by atoms with Gasteiger partial charge in [-0.2, -0.15) is 0 Å². The molecule has 0 heterocycles. The standard InChI is InChI=1S/C12H19FN2O4S/c1-8-11(13)4-9(14)5-12(8)20(16,17)15-6-10(19-3)7-18-2/h4-5,10,15H,6-7,14H2,1-3H3. The molecule has 8 heteroatoms. The average molecular weight is 306 g/mol. The van der Waals surface area contributed by atoms with Crippen LogP contribution in [-0.2, 0) is 19.5 Å². The van der Waals surface area contributed by atoms with Crippen LogP contribution in [0, 0.1) is 12.7 Å². The maximum Gasteiger partial charge on any atom is 0.241 e. The summed E-state index contributed by atoms with van der Waals surface area (Å²) in [5, 5.41) is 0. The van der Waals surface area contributed by atoms with Crippen molar-refractivity contribution in [3.63, 3.8) is 0 Å². The number of halogens is 1. The summed E-state index contributed by atoms with van der Waals surface area (Å²) in [6.07, 6.45) is -0.430. The summed E-state index contributed by atoms with van der Waals surface area (Å²) in [4.78, 5) is -0.178. The third-order valence-electron chi connectivity index (χ3n) is 2.80. The van der Waals surface area contributed by atoms with Crippen LogP contribution >= 0.6 is 0 Å². The fourth-order valence-corrected chi connectivity index (χ4v) is 2.98. The Bertz CT molecular complexity index is 563. The van der Waals surface area contributed by atoms with Gasteiger partial charge in [-0.05, 0) is 19.1 Å². The van der Waals surface area contributed by atoms with E-state index in [1.165, 1.54) is 27.2 Å². The monoisotopic (exact) mass is 306 g/mol. The Morgan fingerprint density at radius 2 is 2.05 bits per heavy atom. The second-order valence-corrected chi connectivity index (χ2v) is 6.03. The molecule has 1 aromatic rings. The fourth-order valence-electron chi connectivity index (χ4n) is 1.63. The molecule has 0 aliphatic heterocycles. The number of anilines is 1. The zero-order chi connectivity index (χ0) is 15.3. The molecule has 20 heavy (non-hydrogen) atoms. The van der Waals surface area contributed by atoms with E-state index in [4.69, 9.17) is 15.2 Å². The summed E-state index contributed by atoms with van der Waals surface area (Å²) >= 11 is 0. The number of methoxy groups -OCH3 is 2. The molecule has 6 nitrogen and oxygen atoms in total. The first-order chi connectivity index (χ1) is 9.31. The number of benzene rings is 1. The number of nitrogens with two attached hydrogens (primary N) is 1. The normalized spacial score (nSPS) is 13.4. The first-order valence-corrected chi connectivity index (χ1v) is 7.37. The molecule has 0 saturated heterocycles. The van der Waals surface area contributed by atoms with Crippen molar-refractivity contribution in [3.8, 4) is 0 Å². The highest BCUT2D eigenvalue weighted by molar-refractivity contribution is 7.89. The van der Waals surface area contributed by atoms with E-state index in [2.05, 4.69) is 4.72 Å². The van der Waals surface area contributed by atoms with Crippen molar-refractivity contribution in [2.45, 2.75) is 17.9 Å². The van der Waals surface area contributed by atoms with Crippen LogP contribution in [0.25, 0.3) is 0 Å². The van der Waals surface area contributed by atoms with Gasteiger partial charge in [0.2, 0.25) is 10.0 Å². The summed E-state index contributed by atoms with van der Waals surface area (Å²) in [6.45, 7) is 1.64. The van der Waals surface area contributed by atoms with E-state index in [1.807, 2.05) is 0 Å². The second-order valence-electron chi connectivity index (χ2n) is 4.29. The molecular formula is C12H19FN2O4S. The van der Waals surface area contributed by atoms with Crippen molar-refractivity contribution < 1.29 is 22.3 Å². The van der Waals surface area contributed by atoms with E-state index in [9.17, 15) is 12.8 Å². The van der Waals surface area contributed by atoms with Crippen molar-refractivity contribution in [1.82, 2.24) is 4.72 Å². The van der Waals surface area contributed by atoms with E-state index >= 15 is 0 Å². The van der Waals surface area contributed by atoms with E-state index in [-0.39, 0.29) is 29.3 Å². The minimum atomic E-state index is -3.86. The van der Waals surface area contributed by atoms with Gasteiger partial charge in [0.05, 0.1) is 17.6 Å². The van der Waals surface area contributed by atoms with Gasteiger partial charge in [-0.3, -0.25) is 0 Å². The molecule has 1 aromatic carbocycles. The first kappa shape index (κ1) is 16.8. The molecule has 0 bridgehead atoms. The molecular weight excluding hydrogens is 287 g/mol. The zero-order valence-electron chi connectivity index (χ0n) is 11.6. The van der Waals surface area contributed by atoms with E-state index in [1.54, 1.807) is 0 Å². The maximum absolute atomic E-state index is 13.5. The number of hydrogen-bond donors (Lipinski definition) is 2. The summed E-state index contributed by atoms with van der Waals surface area (Å²) in [5.41, 5.74) is 5.55. The lowest BCUT2D eigenvalue weighted by atomic mass is 10.2. The van der Waals surface area contributed by atoms with Gasteiger partial charge in [-0.15, -0.1) is 0 Å². The van der Waals surface area contributed by atoms with E-state index in [0.29, 0.717) is 0 Å². The number of nitrogens with one attached hydrogen (secondary N) is 1. The smallest absolute Gasteiger partial charge is 0.241 e. The van der Waals surface area contributed by atoms with Crippen molar-refractivity contribution in [2.75, 3.05) is 33.1 Å². The first-order valence-electron chi connectivity index (χ1n) is 5.88. The Hall–Kier alpha value is -1.22. The topological polar surface area (TPSA) is 90.7 Å². The van der Waals surface area contributed by atoms with Gasteiger partial charge in [0.25, 0.3) is 0 Å². The van der Waals surface area contributed by atoms with Gasteiger partial charge in [-0.1, -0.05) is 0 Å². The van der Waals surface area contributed by atoms with Crippen LogP contribution in [0.2, 0.25) is 0 Å². The van der Waals surface area contributed by atoms with Gasteiger partial charge < -0.3 is 15.2 Å². The third kappa shape index (κ3) is 4.14. The molecule has 1 rings (SSSR count). The van der Waals surface area contributed by atoms with Crippen LogP contribution in [0.1, 0.15) is 5.56 Å². The highest BCUT2D eigenvalue weighted by atomic mass is 32.2. The van der Waals surface area contributed by atoms with Crippen LogP contribution in [-0.4, -0.2) is 41.9 Å². The van der Waals surface area contributed by atoms with Crippen LogP contribution in [0.3, 0.4) is 0 Å². The lowest BCUT2D eigenvalue weighted by molar-refractivity contribution is 0.0320. The molecule has 1 atom stereocenters. The summed E-state index contributed by atoms with van der Waals surface area (Å²) < 4.78 is 50.1. The van der Waals surface area contributed by atoms with E-state index in [0.717, 1.165) is 6.07 Å². The SMILES string of the molecule is COCC(CNS(=O)(=O)c1cc(N)cc(F)c1C)OC. The number of rotatable bonds is 7. The van der Waals surface area contributed by atoms with Gasteiger partial charge in [0, 0.05) is 32.0 Å². The lowest BCUT2D eigenvalue weighted by Crippen LogP contribution is -2.36. The van der Waals surface area contributed by atoms with Crippen molar-refractivity contribution in [1.29, 1.82) is 0 Å². The van der Waals surface area contributed by atoms with Crippen molar-refractivity contribution in [2.24, 2.45) is 0 Å². The minimum absolute atomic E-state index is 0.0164. The Morgan fingerprint density at radius 3 is 2.60 bits per heavy atom. The van der Waals surface area contributed by atoms with Crippen LogP contribution in [0.4, 0.5) is 10.1 Å².